The fraction of sp³-hybridized carbons (Fsp3) is 1.00. The van der Waals surface area contributed by atoms with E-state index in [1.807, 2.05) is 0 Å². The van der Waals surface area contributed by atoms with Gasteiger partial charge in [-0.1, -0.05) is 0 Å². The Bertz CT molecular complexity index is 62.0. The van der Waals surface area contributed by atoms with Crippen LogP contribution in [0.5, 0.6) is 0 Å². The van der Waals surface area contributed by atoms with Gasteiger partial charge in [0.1, 0.15) is 5.56 Å². The van der Waals surface area contributed by atoms with Gasteiger partial charge in [0.2, 0.25) is 0 Å². The summed E-state index contributed by atoms with van der Waals surface area (Å²) in [5, 5.41) is 19.5. The maximum absolute atomic E-state index is 10.2. The van der Waals surface area contributed by atoms with Crippen LogP contribution in [0.3, 0.4) is 0 Å². The molecule has 0 aliphatic carbocycles. The van der Waals surface area contributed by atoms with Crippen molar-refractivity contribution in [2.75, 3.05) is 12.3 Å². The largest absolute Gasteiger partial charge is 0.783 e. The molecule has 0 amide bonds. The molecule has 1 rings (SSSR count). The average molecular weight is 120 g/mol. The highest BCUT2D eigenvalue weighted by Crippen LogP contribution is 2.18. The topological polar surface area (TPSA) is 46.5 Å². The van der Waals surface area contributed by atoms with Crippen LogP contribution in [0.2, 0.25) is 0 Å². The van der Waals surface area contributed by atoms with Crippen LogP contribution in [-0.4, -0.2) is 28.0 Å². The summed E-state index contributed by atoms with van der Waals surface area (Å²) >= 11 is 1.27. The lowest BCUT2D eigenvalue weighted by Gasteiger charge is -2.23. The van der Waals surface area contributed by atoms with Crippen LogP contribution < -0.4 is 0 Å². The van der Waals surface area contributed by atoms with Gasteiger partial charge in [-0.25, -0.2) is 0 Å². The number of hydrogen-bond donors (Lipinski definition) is 1. The standard InChI is InChI=1S/C3H6NO2S/c5-3-4(6)1-2-7-3/h3,5H,1-2H2/q-1. The van der Waals surface area contributed by atoms with Crippen molar-refractivity contribution in [3.8, 4) is 0 Å². The molecule has 0 aromatic carbocycles. The first-order valence-corrected chi connectivity index (χ1v) is 3.09. The van der Waals surface area contributed by atoms with E-state index in [1.165, 1.54) is 11.8 Å². The molecule has 1 heterocycles. The Morgan fingerprint density at radius 1 is 1.86 bits per heavy atom. The molecule has 1 N–H and O–H groups in total. The van der Waals surface area contributed by atoms with Gasteiger partial charge in [0.25, 0.3) is 0 Å². The van der Waals surface area contributed by atoms with Gasteiger partial charge in [-0.15, -0.1) is 11.8 Å². The lowest BCUT2D eigenvalue weighted by molar-refractivity contribution is 0.134. The molecule has 1 atom stereocenters. The maximum Gasteiger partial charge on any atom is 0.144 e. The molecule has 0 spiro atoms. The van der Waals surface area contributed by atoms with Gasteiger partial charge < -0.3 is 15.4 Å². The molecule has 1 saturated heterocycles. The summed E-state index contributed by atoms with van der Waals surface area (Å²) in [6, 6.07) is 0. The number of nitrogens with zero attached hydrogens (tertiary/aromatic N) is 1. The number of aliphatic hydroxyl groups is 1. The monoisotopic (exact) mass is 120 g/mol. The summed E-state index contributed by atoms with van der Waals surface area (Å²) in [5.41, 5.74) is -0.792. The van der Waals surface area contributed by atoms with Gasteiger partial charge in [-0.05, 0) is 6.54 Å². The third kappa shape index (κ3) is 1.07. The second kappa shape index (κ2) is 2.00. The van der Waals surface area contributed by atoms with Crippen LogP contribution in [0.25, 0.3) is 0 Å². The zero-order valence-corrected chi connectivity index (χ0v) is 4.52. The Morgan fingerprint density at radius 2 is 2.57 bits per heavy atom. The highest BCUT2D eigenvalue weighted by atomic mass is 32.2. The second-order valence-corrected chi connectivity index (χ2v) is 2.50. The second-order valence-electron chi connectivity index (χ2n) is 1.34. The number of thioether (sulfide) groups is 1. The molecule has 1 aliphatic heterocycles. The predicted octanol–water partition coefficient (Wildman–Crippen LogP) is -0.191. The molecule has 0 radical (unpaired) electrons. The first-order valence-electron chi connectivity index (χ1n) is 2.04. The Balaban J connectivity index is 2.33. The smallest absolute Gasteiger partial charge is 0.144 e. The minimum Gasteiger partial charge on any atom is -0.783 e. The van der Waals surface area contributed by atoms with E-state index in [4.69, 9.17) is 5.11 Å². The van der Waals surface area contributed by atoms with Crippen molar-refractivity contribution in [2.24, 2.45) is 0 Å². The zero-order valence-electron chi connectivity index (χ0n) is 3.70. The number of aliphatic hydroxyl groups excluding tert-OH is 1. The van der Waals surface area contributed by atoms with Gasteiger partial charge in [0.05, 0.1) is 0 Å². The molecule has 0 aromatic heterocycles. The number of hydrogen-bond acceptors (Lipinski definition) is 4. The van der Waals surface area contributed by atoms with Crippen LogP contribution in [0.15, 0.2) is 0 Å². The van der Waals surface area contributed by atoms with Crippen molar-refractivity contribution < 1.29 is 5.11 Å². The van der Waals surface area contributed by atoms with Crippen molar-refractivity contribution in [2.45, 2.75) is 5.56 Å². The van der Waals surface area contributed by atoms with Gasteiger partial charge >= 0.3 is 0 Å². The molecule has 0 saturated carbocycles. The Hall–Kier alpha value is 0.230. The minimum atomic E-state index is -0.792. The minimum absolute atomic E-state index is 0.464. The van der Waals surface area contributed by atoms with E-state index in [-0.39, 0.29) is 0 Å². The SMILES string of the molecule is [O-]N1CCSC1O. The number of hydroxylamine groups is 2. The molecule has 3 nitrogen and oxygen atoms in total. The van der Waals surface area contributed by atoms with Crippen molar-refractivity contribution in [1.29, 1.82) is 0 Å². The quantitative estimate of drug-likeness (QED) is 0.481. The summed E-state index contributed by atoms with van der Waals surface area (Å²) in [6.45, 7) is 0.464. The third-order valence-electron chi connectivity index (χ3n) is 0.825. The van der Waals surface area contributed by atoms with E-state index in [0.717, 1.165) is 5.75 Å². The number of rotatable bonds is 0. The lowest BCUT2D eigenvalue weighted by atomic mass is 10.7. The fourth-order valence-electron chi connectivity index (χ4n) is 0.442. The molecule has 0 aromatic rings. The van der Waals surface area contributed by atoms with Gasteiger partial charge in [-0.2, -0.15) is 0 Å². The first kappa shape index (κ1) is 5.37. The van der Waals surface area contributed by atoms with Crippen LogP contribution in [0, 0.1) is 5.21 Å². The van der Waals surface area contributed by atoms with Gasteiger partial charge in [-0.3, -0.25) is 0 Å². The van der Waals surface area contributed by atoms with Crippen molar-refractivity contribution >= 4 is 11.8 Å². The normalized spacial score (nSPS) is 34.3. The molecule has 42 valence electrons. The molecular weight excluding hydrogens is 114 g/mol. The third-order valence-corrected chi connectivity index (χ3v) is 1.78. The van der Waals surface area contributed by atoms with Crippen LogP contribution in [-0.2, 0) is 0 Å². The molecular formula is C3H6NO2S-. The fourth-order valence-corrected chi connectivity index (χ4v) is 1.21. The molecule has 1 unspecified atom stereocenters. The molecule has 1 fully saturated rings. The summed E-state index contributed by atoms with van der Waals surface area (Å²) in [4.78, 5) is 0. The summed E-state index contributed by atoms with van der Waals surface area (Å²) in [5.74, 6) is 0.755. The highest BCUT2D eigenvalue weighted by molar-refractivity contribution is 7.99. The maximum atomic E-state index is 10.2. The van der Waals surface area contributed by atoms with Crippen molar-refractivity contribution in [1.82, 2.24) is 5.06 Å². The molecule has 7 heavy (non-hydrogen) atoms. The summed E-state index contributed by atoms with van der Waals surface area (Å²) in [7, 11) is 0. The summed E-state index contributed by atoms with van der Waals surface area (Å²) < 4.78 is 0. The predicted molar refractivity (Wildman–Crippen MR) is 28.5 cm³/mol. The van der Waals surface area contributed by atoms with Crippen molar-refractivity contribution in [3.05, 3.63) is 5.21 Å². The molecule has 0 bridgehead atoms. The summed E-state index contributed by atoms with van der Waals surface area (Å²) in [6.07, 6.45) is 0. The van der Waals surface area contributed by atoms with Crippen LogP contribution in [0.4, 0.5) is 0 Å². The first-order chi connectivity index (χ1) is 3.30. The highest BCUT2D eigenvalue weighted by Gasteiger charge is 2.12. The average Bonchev–Trinajstić information content (AvgIpc) is 1.91. The Labute approximate surface area is 45.9 Å². The zero-order chi connectivity index (χ0) is 5.28. The molecule has 1 aliphatic rings. The molecule has 4 heteroatoms. The van der Waals surface area contributed by atoms with E-state index in [2.05, 4.69) is 0 Å². The van der Waals surface area contributed by atoms with E-state index in [0.29, 0.717) is 11.6 Å². The van der Waals surface area contributed by atoms with Gasteiger partial charge in [0.15, 0.2) is 0 Å². The van der Waals surface area contributed by atoms with E-state index < -0.39 is 5.56 Å². The van der Waals surface area contributed by atoms with Crippen molar-refractivity contribution in [3.63, 3.8) is 0 Å². The van der Waals surface area contributed by atoms with E-state index >= 15 is 0 Å². The lowest BCUT2D eigenvalue weighted by Crippen LogP contribution is -2.20. The van der Waals surface area contributed by atoms with E-state index in [1.54, 1.807) is 0 Å². The van der Waals surface area contributed by atoms with E-state index in [9.17, 15) is 5.21 Å². The Morgan fingerprint density at radius 3 is 2.71 bits per heavy atom. The van der Waals surface area contributed by atoms with Crippen LogP contribution in [0.1, 0.15) is 0 Å². The Kier molecular flexibility index (Phi) is 1.53. The van der Waals surface area contributed by atoms with Gasteiger partial charge in [0, 0.05) is 5.75 Å². The van der Waals surface area contributed by atoms with Crippen LogP contribution >= 0.6 is 11.8 Å².